The molecule has 4 rings (SSSR count). The Labute approximate surface area is 131 Å². The van der Waals surface area contributed by atoms with E-state index in [1.54, 1.807) is 38.1 Å². The Morgan fingerprint density at radius 1 is 1.17 bits per heavy atom. The molecule has 1 aliphatic rings. The van der Waals surface area contributed by atoms with Gasteiger partial charge < -0.3 is 19.3 Å². The van der Waals surface area contributed by atoms with Crippen LogP contribution in [0.5, 0.6) is 11.5 Å². The van der Waals surface area contributed by atoms with Crippen LogP contribution in [0.1, 0.15) is 21.7 Å². The highest BCUT2D eigenvalue weighted by Gasteiger charge is 2.19. The Kier molecular flexibility index (Phi) is 2.94. The quantitative estimate of drug-likeness (QED) is 0.783. The molecule has 0 unspecified atom stereocenters. The zero-order valence-electron chi connectivity index (χ0n) is 12.5. The van der Waals surface area contributed by atoms with E-state index in [0.717, 1.165) is 0 Å². The number of aromatic nitrogens is 2. The van der Waals surface area contributed by atoms with Gasteiger partial charge in [-0.25, -0.2) is 4.98 Å². The molecule has 0 fully saturated rings. The molecule has 23 heavy (non-hydrogen) atoms. The molecule has 1 aromatic carbocycles. The molecule has 0 saturated carbocycles. The van der Waals surface area contributed by atoms with E-state index in [9.17, 15) is 4.79 Å². The van der Waals surface area contributed by atoms with Crippen molar-refractivity contribution in [2.45, 2.75) is 13.8 Å². The largest absolute Gasteiger partial charge is 0.454 e. The van der Waals surface area contributed by atoms with E-state index < -0.39 is 0 Å². The fraction of sp³-hybridized carbons (Fsp3) is 0.188. The van der Waals surface area contributed by atoms with Crippen LogP contribution in [0.25, 0.3) is 11.1 Å². The molecule has 0 atom stereocenters. The van der Waals surface area contributed by atoms with Crippen molar-refractivity contribution in [2.24, 2.45) is 0 Å². The van der Waals surface area contributed by atoms with Gasteiger partial charge in [0.2, 0.25) is 6.79 Å². The average Bonchev–Trinajstić information content (AvgIpc) is 3.13. The second-order valence-electron chi connectivity index (χ2n) is 5.28. The zero-order valence-corrected chi connectivity index (χ0v) is 12.5. The highest BCUT2D eigenvalue weighted by atomic mass is 16.7. The normalized spacial score (nSPS) is 12.6. The predicted molar refractivity (Wildman–Crippen MR) is 81.8 cm³/mol. The first kappa shape index (κ1) is 13.6. The molecule has 2 aromatic heterocycles. The van der Waals surface area contributed by atoms with Gasteiger partial charge in [-0.1, -0.05) is 5.16 Å². The van der Waals surface area contributed by atoms with Gasteiger partial charge in [0.15, 0.2) is 11.5 Å². The number of ether oxygens (including phenoxy) is 2. The van der Waals surface area contributed by atoms with Crippen LogP contribution >= 0.6 is 0 Å². The van der Waals surface area contributed by atoms with Crippen LogP contribution in [0.4, 0.5) is 5.69 Å². The van der Waals surface area contributed by atoms with Gasteiger partial charge in [-0.3, -0.25) is 4.79 Å². The first-order chi connectivity index (χ1) is 11.1. The van der Waals surface area contributed by atoms with Gasteiger partial charge in [-0.2, -0.15) is 0 Å². The lowest BCUT2D eigenvalue weighted by atomic mass is 10.1. The van der Waals surface area contributed by atoms with E-state index in [1.807, 2.05) is 0 Å². The van der Waals surface area contributed by atoms with E-state index in [-0.39, 0.29) is 12.7 Å². The topological polar surface area (TPSA) is 86.5 Å². The molecule has 0 radical (unpaired) electrons. The van der Waals surface area contributed by atoms with Crippen molar-refractivity contribution in [2.75, 3.05) is 12.1 Å². The summed E-state index contributed by atoms with van der Waals surface area (Å²) in [6, 6.07) is 6.97. The Hall–Kier alpha value is -3.09. The predicted octanol–water partition coefficient (Wildman–Crippen LogP) is 2.82. The minimum atomic E-state index is -0.259. The number of benzene rings is 1. The van der Waals surface area contributed by atoms with E-state index in [0.29, 0.717) is 45.2 Å². The van der Waals surface area contributed by atoms with Gasteiger partial charge >= 0.3 is 0 Å². The summed E-state index contributed by atoms with van der Waals surface area (Å²) < 4.78 is 15.7. The first-order valence-electron chi connectivity index (χ1n) is 7.06. The molecule has 1 aliphatic heterocycles. The van der Waals surface area contributed by atoms with Crippen LogP contribution in [-0.2, 0) is 0 Å². The van der Waals surface area contributed by atoms with Gasteiger partial charge in [-0.15, -0.1) is 0 Å². The molecule has 0 spiro atoms. The van der Waals surface area contributed by atoms with Crippen molar-refractivity contribution in [1.82, 2.24) is 10.1 Å². The van der Waals surface area contributed by atoms with Crippen LogP contribution in [-0.4, -0.2) is 22.8 Å². The molecule has 116 valence electrons. The number of amides is 1. The SMILES string of the molecule is Cc1cc(C(=O)Nc2ccc3c(c2)OCO3)c2c(C)noc2n1. The number of hydrogen-bond donors (Lipinski definition) is 1. The van der Waals surface area contributed by atoms with Crippen molar-refractivity contribution in [3.8, 4) is 11.5 Å². The molecule has 0 saturated heterocycles. The minimum Gasteiger partial charge on any atom is -0.454 e. The number of carbonyl (C=O) groups excluding carboxylic acids is 1. The Bertz CT molecular complexity index is 932. The summed E-state index contributed by atoms with van der Waals surface area (Å²) in [4.78, 5) is 16.9. The number of rotatable bonds is 2. The summed E-state index contributed by atoms with van der Waals surface area (Å²) >= 11 is 0. The molecule has 7 nitrogen and oxygen atoms in total. The van der Waals surface area contributed by atoms with Crippen molar-refractivity contribution < 1.29 is 18.8 Å². The molecular formula is C16H13N3O4. The van der Waals surface area contributed by atoms with Crippen molar-refractivity contribution in [3.63, 3.8) is 0 Å². The minimum absolute atomic E-state index is 0.191. The zero-order chi connectivity index (χ0) is 16.0. The van der Waals surface area contributed by atoms with Crippen LogP contribution in [0, 0.1) is 13.8 Å². The Morgan fingerprint density at radius 3 is 2.87 bits per heavy atom. The third-order valence-corrected chi connectivity index (χ3v) is 3.62. The third kappa shape index (κ3) is 2.26. The molecule has 1 amide bonds. The van der Waals surface area contributed by atoms with E-state index in [4.69, 9.17) is 14.0 Å². The Balaban J connectivity index is 1.71. The van der Waals surface area contributed by atoms with Crippen molar-refractivity contribution in [1.29, 1.82) is 0 Å². The second-order valence-corrected chi connectivity index (χ2v) is 5.28. The van der Waals surface area contributed by atoms with Gasteiger partial charge in [-0.05, 0) is 32.0 Å². The number of anilines is 1. The number of carbonyl (C=O) groups is 1. The van der Waals surface area contributed by atoms with Crippen molar-refractivity contribution >= 4 is 22.7 Å². The number of hydrogen-bond acceptors (Lipinski definition) is 6. The molecule has 0 aliphatic carbocycles. The highest BCUT2D eigenvalue weighted by molar-refractivity contribution is 6.12. The molecule has 1 N–H and O–H groups in total. The van der Waals surface area contributed by atoms with E-state index in [2.05, 4.69) is 15.5 Å². The average molecular weight is 311 g/mol. The van der Waals surface area contributed by atoms with Crippen LogP contribution in [0.2, 0.25) is 0 Å². The fourth-order valence-corrected chi connectivity index (χ4v) is 2.57. The van der Waals surface area contributed by atoms with Gasteiger partial charge in [0.1, 0.15) is 0 Å². The lowest BCUT2D eigenvalue weighted by molar-refractivity contribution is 0.102. The summed E-state index contributed by atoms with van der Waals surface area (Å²) in [5.41, 5.74) is 2.77. The number of fused-ring (bicyclic) bond motifs is 2. The lowest BCUT2D eigenvalue weighted by Crippen LogP contribution is -2.13. The maximum Gasteiger partial charge on any atom is 0.258 e. The number of pyridine rings is 1. The standard InChI is InChI=1S/C16H13N3O4/c1-8-5-11(14-9(2)19-23-16(14)17-8)15(20)18-10-3-4-12-13(6-10)22-7-21-12/h3-6H,7H2,1-2H3,(H,18,20). The molecule has 3 aromatic rings. The first-order valence-corrected chi connectivity index (χ1v) is 7.06. The fourth-order valence-electron chi connectivity index (χ4n) is 2.57. The maximum absolute atomic E-state index is 12.7. The van der Waals surface area contributed by atoms with E-state index >= 15 is 0 Å². The summed E-state index contributed by atoms with van der Waals surface area (Å²) in [6.45, 7) is 3.77. The van der Waals surface area contributed by atoms with Crippen LogP contribution in [0.15, 0.2) is 28.8 Å². The third-order valence-electron chi connectivity index (χ3n) is 3.62. The molecule has 0 bridgehead atoms. The second kappa shape index (κ2) is 4.98. The van der Waals surface area contributed by atoms with Gasteiger partial charge in [0, 0.05) is 17.4 Å². The maximum atomic E-state index is 12.7. The molecule has 7 heteroatoms. The molecular weight excluding hydrogens is 298 g/mol. The summed E-state index contributed by atoms with van der Waals surface area (Å²) in [6.07, 6.45) is 0. The highest BCUT2D eigenvalue weighted by Crippen LogP contribution is 2.34. The smallest absolute Gasteiger partial charge is 0.258 e. The number of nitrogens with one attached hydrogen (secondary N) is 1. The van der Waals surface area contributed by atoms with E-state index in [1.165, 1.54) is 0 Å². The van der Waals surface area contributed by atoms with Crippen molar-refractivity contribution in [3.05, 3.63) is 41.2 Å². The lowest BCUT2D eigenvalue weighted by Gasteiger charge is -2.07. The summed E-state index contributed by atoms with van der Waals surface area (Å²) in [7, 11) is 0. The Morgan fingerprint density at radius 2 is 2.00 bits per heavy atom. The van der Waals surface area contributed by atoms with Gasteiger partial charge in [0.25, 0.3) is 11.6 Å². The van der Waals surface area contributed by atoms with Crippen LogP contribution in [0.3, 0.4) is 0 Å². The van der Waals surface area contributed by atoms with Gasteiger partial charge in [0.05, 0.1) is 16.6 Å². The summed E-state index contributed by atoms with van der Waals surface area (Å²) in [5, 5.41) is 7.35. The number of nitrogens with zero attached hydrogens (tertiary/aromatic N) is 2. The van der Waals surface area contributed by atoms with Crippen LogP contribution < -0.4 is 14.8 Å². The molecule has 3 heterocycles. The number of aryl methyl sites for hydroxylation is 2. The monoisotopic (exact) mass is 311 g/mol. The summed E-state index contributed by atoms with van der Waals surface area (Å²) in [5.74, 6) is 1.02.